The van der Waals surface area contributed by atoms with Gasteiger partial charge in [0.15, 0.2) is 23.3 Å². The summed E-state index contributed by atoms with van der Waals surface area (Å²) >= 11 is 0. The zero-order valence-corrected chi connectivity index (χ0v) is 52.6. The molecule has 0 aromatic carbocycles. The maximum atomic E-state index is 13.7. The van der Waals surface area contributed by atoms with Crippen LogP contribution < -0.4 is 53.2 Å². The first-order chi connectivity index (χ1) is 43.9. The fourth-order valence-electron chi connectivity index (χ4n) is 9.90. The molecule has 1 saturated carbocycles. The third-order valence-electron chi connectivity index (χ3n) is 15.0. The number of aromatic nitrogens is 11. The Balaban J connectivity index is 0.748. The molecule has 0 spiro atoms. The van der Waals surface area contributed by atoms with Gasteiger partial charge in [-0.3, -0.25) is 47.9 Å². The largest absolute Gasteiger partial charge is 0.396 e. The van der Waals surface area contributed by atoms with Gasteiger partial charge in [0.25, 0.3) is 41.4 Å². The minimum absolute atomic E-state index is 0.0246. The number of aryl methyl sites for hydroxylation is 7. The molecule has 0 aliphatic heterocycles. The van der Waals surface area contributed by atoms with Crippen LogP contribution >= 0.6 is 0 Å². The van der Waals surface area contributed by atoms with E-state index in [0.29, 0.717) is 43.6 Å². The normalized spacial score (nSPS) is 12.2. The van der Waals surface area contributed by atoms with Crippen molar-refractivity contribution in [2.45, 2.75) is 64.3 Å². The molecule has 490 valence electrons. The Morgan fingerprint density at radius 3 is 1.52 bits per heavy atom. The van der Waals surface area contributed by atoms with Gasteiger partial charge in [-0.2, -0.15) is 0 Å². The highest BCUT2D eigenvalue weighted by Crippen LogP contribution is 2.48. The van der Waals surface area contributed by atoms with E-state index in [9.17, 15) is 53.1 Å². The zero-order chi connectivity index (χ0) is 66.4. The highest BCUT2D eigenvalue weighted by atomic mass is 16.3. The number of imidazole rings is 4. The van der Waals surface area contributed by atoms with E-state index in [1.54, 1.807) is 71.6 Å². The molecule has 7 aromatic rings. The van der Waals surface area contributed by atoms with Crippen molar-refractivity contribution in [1.82, 2.24) is 78.1 Å². The number of aliphatic hydroxyl groups is 1. The van der Waals surface area contributed by atoms with Crippen molar-refractivity contribution in [2.24, 2.45) is 47.7 Å². The average molecular weight is 1270 g/mol. The monoisotopic (exact) mass is 1270 g/mol. The Hall–Kier alpha value is -10.7. The van der Waals surface area contributed by atoms with Gasteiger partial charge in [-0.1, -0.05) is 0 Å². The van der Waals surface area contributed by atoms with E-state index in [2.05, 4.69) is 78.0 Å². The molecule has 7 heterocycles. The van der Waals surface area contributed by atoms with Gasteiger partial charge in [0, 0.05) is 150 Å². The number of hydrogen-bond acceptors (Lipinski definition) is 16. The number of carbonyl (C=O) groups is 10. The quantitative estimate of drug-likeness (QED) is 0.0268. The maximum Gasteiger partial charge on any atom is 0.291 e. The Kier molecular flexibility index (Phi) is 22.1. The zero-order valence-electron chi connectivity index (χ0n) is 52.6. The van der Waals surface area contributed by atoms with E-state index < -0.39 is 52.7 Å². The number of hydrogen-bond donors (Lipinski definition) is 11. The Bertz CT molecular complexity index is 3880. The van der Waals surface area contributed by atoms with Crippen LogP contribution in [0, 0.1) is 5.41 Å². The summed E-state index contributed by atoms with van der Waals surface area (Å²) in [5.74, 6) is -4.23. The van der Waals surface area contributed by atoms with E-state index >= 15 is 0 Å². The predicted molar refractivity (Wildman–Crippen MR) is 337 cm³/mol. The highest BCUT2D eigenvalue weighted by Gasteiger charge is 2.45. The standard InChI is InChI=1S/C59H78N22O11/c1-74(2)21-10-9-17-61-55(89)49-71-43(33-80(49)8)73-54(88)41-25-36(29-78(41)6)65-45(83)13-19-63-56(90)50-70-42(32-79(50)7)69-47(85)28-59(15-16-59)35-64-53(87)40-27-38(31-77(40)5)67-58(92)51-72-44(34-81(51)22-11-12-24-82)68-46(84)14-18-62-52(86)39-26-37(30-76(39)4)66-57(91)48-60-20-23-75(48)3/h20,23,25-27,29-34,82H,9-19,21-22,24,28,35H2,1-8H3,(H,61,89)(H,62,86)(H,63,90)(H,64,87)(H,65,83)(H,66,91)(H,67,92)(H,68,84)(H,69,85)(H,73,88). The number of amides is 10. The van der Waals surface area contributed by atoms with Crippen LogP contribution in [-0.2, 0) is 63.2 Å². The van der Waals surface area contributed by atoms with Gasteiger partial charge < -0.3 is 95.1 Å². The lowest BCUT2D eigenvalue weighted by molar-refractivity contribution is -0.117. The molecule has 0 saturated heterocycles. The molecule has 7 aromatic heterocycles. The summed E-state index contributed by atoms with van der Waals surface area (Å²) in [4.78, 5) is 150. The molecule has 0 unspecified atom stereocenters. The SMILES string of the molecule is CN(C)CCCCNC(=O)c1nc(NC(=O)c2cc(NC(=O)CCNC(=O)c3nc(NC(=O)CC4(CNC(=O)c5cc(NC(=O)c6nc(NC(=O)CCNC(=O)c7cc(NC(=O)c8nccn8C)cn7C)cn6CCCCO)cn5C)CC4)cn3C)cn2C)cn1C. The molecular formula is C59H78N22O11. The van der Waals surface area contributed by atoms with Crippen LogP contribution in [0.25, 0.3) is 0 Å². The second kappa shape index (κ2) is 30.2. The first-order valence-corrected chi connectivity index (χ1v) is 29.7. The van der Waals surface area contributed by atoms with E-state index in [4.69, 9.17) is 0 Å². The number of aliphatic hydroxyl groups excluding tert-OH is 1. The highest BCUT2D eigenvalue weighted by molar-refractivity contribution is 6.06. The summed E-state index contributed by atoms with van der Waals surface area (Å²) in [7, 11) is 13.8. The molecule has 1 fully saturated rings. The summed E-state index contributed by atoms with van der Waals surface area (Å²) in [5.41, 5.74) is 1.10. The lowest BCUT2D eigenvalue weighted by Crippen LogP contribution is -2.33. The number of anilines is 6. The molecule has 11 N–H and O–H groups in total. The van der Waals surface area contributed by atoms with Gasteiger partial charge in [0.05, 0.1) is 17.1 Å². The van der Waals surface area contributed by atoms with Crippen molar-refractivity contribution < 1.29 is 53.1 Å². The van der Waals surface area contributed by atoms with Crippen molar-refractivity contribution in [3.05, 3.63) is 108 Å². The summed E-state index contributed by atoms with van der Waals surface area (Å²) in [6, 6.07) is 4.46. The fourth-order valence-corrected chi connectivity index (χ4v) is 9.90. The first-order valence-electron chi connectivity index (χ1n) is 29.7. The molecule has 33 heteroatoms. The predicted octanol–water partition coefficient (Wildman–Crippen LogP) is 1.76. The third-order valence-corrected chi connectivity index (χ3v) is 15.0. The molecular weight excluding hydrogens is 1190 g/mol. The number of nitrogens with zero attached hydrogens (tertiary/aromatic N) is 12. The van der Waals surface area contributed by atoms with Crippen LogP contribution in [0.2, 0.25) is 0 Å². The van der Waals surface area contributed by atoms with Crippen LogP contribution in [0.5, 0.6) is 0 Å². The van der Waals surface area contributed by atoms with Crippen LogP contribution in [0.4, 0.5) is 34.5 Å². The number of unbranched alkanes of at least 4 members (excludes halogenated alkanes) is 2. The second-order valence-corrected chi connectivity index (χ2v) is 22.9. The van der Waals surface area contributed by atoms with Crippen molar-refractivity contribution in [3.63, 3.8) is 0 Å². The molecule has 1 aliphatic rings. The Labute approximate surface area is 528 Å². The smallest absolute Gasteiger partial charge is 0.291 e. The van der Waals surface area contributed by atoms with Crippen LogP contribution in [-0.4, -0.2) is 174 Å². The summed E-state index contributed by atoms with van der Waals surface area (Å²) in [5, 5.41) is 36.8. The van der Waals surface area contributed by atoms with Crippen molar-refractivity contribution in [3.8, 4) is 0 Å². The number of nitrogens with one attached hydrogen (secondary N) is 10. The van der Waals surface area contributed by atoms with Crippen molar-refractivity contribution in [1.29, 1.82) is 0 Å². The van der Waals surface area contributed by atoms with Gasteiger partial charge in [-0.05, 0) is 82.8 Å². The van der Waals surface area contributed by atoms with Gasteiger partial charge in [-0.15, -0.1) is 0 Å². The fraction of sp³-hybridized carbons (Fsp3) is 0.424. The van der Waals surface area contributed by atoms with Gasteiger partial charge in [0.2, 0.25) is 35.2 Å². The number of carbonyl (C=O) groups excluding carboxylic acids is 10. The van der Waals surface area contributed by atoms with Crippen molar-refractivity contribution >= 4 is 93.6 Å². The summed E-state index contributed by atoms with van der Waals surface area (Å²) in [6.07, 6.45) is 16.0. The summed E-state index contributed by atoms with van der Waals surface area (Å²) < 4.78 is 10.6. The molecule has 1 aliphatic carbocycles. The second-order valence-electron chi connectivity index (χ2n) is 22.9. The minimum atomic E-state index is -0.643. The molecule has 0 atom stereocenters. The van der Waals surface area contributed by atoms with E-state index in [-0.39, 0.29) is 127 Å². The molecule has 0 radical (unpaired) electrons. The molecule has 8 rings (SSSR count). The Morgan fingerprint density at radius 2 is 0.967 bits per heavy atom. The number of rotatable bonds is 32. The average Bonchev–Trinajstić information content (AvgIpc) is 1.73. The maximum absolute atomic E-state index is 13.7. The van der Waals surface area contributed by atoms with E-state index in [1.165, 1.54) is 70.4 Å². The molecule has 33 nitrogen and oxygen atoms in total. The third kappa shape index (κ3) is 18.0. The molecule has 10 amide bonds. The van der Waals surface area contributed by atoms with E-state index in [1.807, 2.05) is 14.1 Å². The lowest BCUT2D eigenvalue weighted by atomic mass is 10.0. The lowest BCUT2D eigenvalue weighted by Gasteiger charge is -2.15. The minimum Gasteiger partial charge on any atom is -0.396 e. The van der Waals surface area contributed by atoms with Crippen LogP contribution in [0.3, 0.4) is 0 Å². The molecule has 0 bridgehead atoms. The molecule has 92 heavy (non-hydrogen) atoms. The van der Waals surface area contributed by atoms with Gasteiger partial charge in [-0.25, -0.2) is 19.9 Å². The van der Waals surface area contributed by atoms with E-state index in [0.717, 1.165) is 19.4 Å². The summed E-state index contributed by atoms with van der Waals surface area (Å²) in [6.45, 7) is 1.65. The van der Waals surface area contributed by atoms with Crippen LogP contribution in [0.15, 0.2) is 67.8 Å². The van der Waals surface area contributed by atoms with Gasteiger partial charge >= 0.3 is 0 Å². The topological polar surface area (TPSA) is 401 Å². The first kappa shape index (κ1) is 67.2. The van der Waals surface area contributed by atoms with Gasteiger partial charge in [0.1, 0.15) is 17.1 Å². The van der Waals surface area contributed by atoms with Crippen LogP contribution in [0.1, 0.15) is 132 Å². The Morgan fingerprint density at radius 1 is 0.478 bits per heavy atom. The van der Waals surface area contributed by atoms with Crippen molar-refractivity contribution in [2.75, 3.05) is 85.3 Å².